The number of hydrogen-bond acceptors (Lipinski definition) is 2. The van der Waals surface area contributed by atoms with E-state index in [9.17, 15) is 27.4 Å². The van der Waals surface area contributed by atoms with Gasteiger partial charge in [-0.25, -0.2) is 0 Å². The Morgan fingerprint density at radius 2 is 0.570 bits per heavy atom. The van der Waals surface area contributed by atoms with E-state index in [0.717, 1.165) is 11.1 Å². The van der Waals surface area contributed by atoms with E-state index in [0.29, 0.717) is 89.4 Å². The van der Waals surface area contributed by atoms with Gasteiger partial charge >= 0.3 is 0 Å². The van der Waals surface area contributed by atoms with Crippen LogP contribution in [0, 0.1) is 0 Å². The maximum absolute atomic E-state index is 12.0. The molecule has 2 aromatic heterocycles. The molecule has 107 heavy (non-hydrogen) atoms. The fourth-order valence-electron chi connectivity index (χ4n) is 15.6. The van der Waals surface area contributed by atoms with Crippen molar-refractivity contribution in [3.63, 3.8) is 0 Å². The summed E-state index contributed by atoms with van der Waals surface area (Å²) in [5, 5.41) is -1.04. The van der Waals surface area contributed by atoms with Gasteiger partial charge in [0.05, 0.1) is 60.9 Å². The topological polar surface area (TPSA) is 16.3 Å². The molecule has 19 rings (SSSR count). The highest BCUT2D eigenvalue weighted by atomic mass is 15.2. The van der Waals surface area contributed by atoms with Crippen molar-refractivity contribution >= 4 is 101 Å². The van der Waals surface area contributed by atoms with Gasteiger partial charge in [-0.3, -0.25) is 0 Å². The van der Waals surface area contributed by atoms with Crippen molar-refractivity contribution in [2.24, 2.45) is 0 Å². The zero-order chi connectivity index (χ0) is 90.0. The van der Waals surface area contributed by atoms with Crippen molar-refractivity contribution in [1.29, 1.82) is 0 Å². The van der Waals surface area contributed by atoms with Gasteiger partial charge in [-0.2, -0.15) is 0 Å². The van der Waals surface area contributed by atoms with Gasteiger partial charge in [0.25, 0.3) is 6.71 Å². The first kappa shape index (κ1) is 47.1. The molecule has 2 aliphatic rings. The summed E-state index contributed by atoms with van der Waals surface area (Å²) >= 11 is 0. The smallest absolute Gasteiger partial charge is 0.252 e. The van der Waals surface area contributed by atoms with Crippen molar-refractivity contribution in [2.75, 3.05) is 9.80 Å². The summed E-state index contributed by atoms with van der Waals surface area (Å²) < 4.78 is 211. The van der Waals surface area contributed by atoms with Gasteiger partial charge in [0.1, 0.15) is 0 Å². The van der Waals surface area contributed by atoms with Crippen LogP contribution in [0.25, 0.3) is 122 Å². The lowest BCUT2D eigenvalue weighted by molar-refractivity contribution is 0.590. The summed E-state index contributed by atoms with van der Waals surface area (Å²) in [4.78, 5) is 3.90. The van der Waals surface area contributed by atoms with E-state index in [1.165, 1.54) is 9.13 Å². The highest BCUT2D eigenvalue weighted by molar-refractivity contribution is 7.00. The summed E-state index contributed by atoms with van der Waals surface area (Å²) in [7, 11) is 0. The molecule has 0 bridgehead atoms. The number of aromatic nitrogens is 2. The monoisotopic (exact) mass is 1390 g/mol. The van der Waals surface area contributed by atoms with Crippen LogP contribution in [0.4, 0.5) is 34.1 Å². The fraction of sp³-hybridized carbons (Fsp3) is 0.118. The van der Waals surface area contributed by atoms with Crippen LogP contribution in [-0.2, 0) is 16.2 Å². The van der Waals surface area contributed by atoms with Crippen LogP contribution in [0.15, 0.2) is 339 Å². The van der Waals surface area contributed by atoms with Crippen molar-refractivity contribution < 1.29 is 27.4 Å². The predicted octanol–water partition coefficient (Wildman–Crippen LogP) is 25.9. The van der Waals surface area contributed by atoms with Gasteiger partial charge in [0.15, 0.2) is 0 Å². The molecule has 0 fully saturated rings. The Kier molecular flexibility index (Phi) is 11.1. The summed E-state index contributed by atoms with van der Waals surface area (Å²) in [6, 6.07) is 56.7. The minimum Gasteiger partial charge on any atom is -0.310 e. The minimum atomic E-state index is -1.61. The van der Waals surface area contributed by atoms with Crippen molar-refractivity contribution in [3.8, 4) is 78.1 Å². The third-order valence-corrected chi connectivity index (χ3v) is 21.0. The van der Waals surface area contributed by atoms with Crippen LogP contribution < -0.4 is 26.2 Å². The standard InChI is InChI=1S/C102H83BN4/c1-100(2,3)74-58-83(68-36-20-12-21-37-68)98(84(59-74)69-38-22-13-23-39-69)106-93-64-77(104-89-46-30-28-44-79(89)81-52-48-72(56-91(81)104)66-32-16-10-17-33-66)50-54-87(93)103-88-55-51-78(105-90-47-31-29-45-80(90)82-53-49-73(57-92(82)105)67-34-18-11-19-35-67)65-94(88)107(96-63-76(102(7,8)9)62-95(106)97(96)103)99-85(70-40-24-14-25-41-70)60-75(101(4,5)6)61-86(99)71-42-26-15-27-43-71/h10-65H,1-9H3/i28D,29D,30D,31D,44D,45D,46D,47D,48D,49D,50D,51D,52D,53D,54D,55D,56D,57D,64D,65D. The van der Waals surface area contributed by atoms with Crippen molar-refractivity contribution in [1.82, 2.24) is 9.13 Å². The van der Waals surface area contributed by atoms with Crippen LogP contribution >= 0.6 is 0 Å². The van der Waals surface area contributed by atoms with E-state index >= 15 is 0 Å². The quantitative estimate of drug-likeness (QED) is 0.127. The van der Waals surface area contributed by atoms with Crippen LogP contribution in [0.1, 0.15) is 106 Å². The molecule has 0 aliphatic carbocycles. The molecule has 0 saturated carbocycles. The molecule has 2 aliphatic heterocycles. The van der Waals surface area contributed by atoms with Gasteiger partial charge in [-0.05, 0) is 179 Å². The molecule has 514 valence electrons. The molecule has 0 amide bonds. The molecular formula is C102H83BN4. The molecule has 5 heteroatoms. The predicted molar refractivity (Wildman–Crippen MR) is 458 cm³/mol. The number of para-hydroxylation sites is 2. The Bertz CT molecular complexity index is 7050. The van der Waals surface area contributed by atoms with Gasteiger partial charge in [0, 0.05) is 77.9 Å². The van der Waals surface area contributed by atoms with Crippen LogP contribution in [0.2, 0.25) is 0 Å². The van der Waals surface area contributed by atoms with Gasteiger partial charge in [-0.1, -0.05) is 317 Å². The Hall–Kier alpha value is -12.4. The molecule has 0 spiro atoms. The molecular weight excluding hydrogens is 1290 g/mol. The molecule has 0 saturated heterocycles. The Balaban J connectivity index is 1.09. The summed E-state index contributed by atoms with van der Waals surface area (Å²) in [5.74, 6) is 0. The fourth-order valence-corrected chi connectivity index (χ4v) is 15.6. The SMILES string of the molecule is [2H]c1c([2H])c(-n2c3c([2H])c([2H])c([2H])c([2H])c3c3c([2H])c([2H])c(-c4ccccc4)c([2H])c32)c([2H])c2c1B1c3c(cc(C(C)(C)C)cc3N(c3c(-c4ccccc4)cc(C(C)(C)C)cc3-c3ccccc3)c3c([2H])c(-n4c5c([2H])c([2H])c([2H])c([2H])c5c5c([2H])c([2H])c(-c6ccccc6)c([2H])c54)c([2H])c([2H])c31)N2c1c(-c2ccccc2)cc(C(C)(C)C)cc1-c1ccccc1. The third kappa shape index (κ3) is 11.0. The number of nitrogens with zero attached hydrogens (tertiary/aromatic N) is 4. The van der Waals surface area contributed by atoms with Gasteiger partial charge in [-0.15, -0.1) is 0 Å². The lowest BCUT2D eigenvalue weighted by Crippen LogP contribution is -2.61. The second-order valence-corrected chi connectivity index (χ2v) is 30.9. The number of benzene rings is 15. The minimum absolute atomic E-state index is 0.0589. The largest absolute Gasteiger partial charge is 0.310 e. The van der Waals surface area contributed by atoms with Crippen molar-refractivity contribution in [2.45, 2.75) is 78.6 Å². The van der Waals surface area contributed by atoms with E-state index in [1.54, 1.807) is 60.7 Å². The zero-order valence-electron chi connectivity index (χ0n) is 80.7. The highest BCUT2D eigenvalue weighted by Gasteiger charge is 2.47. The lowest BCUT2D eigenvalue weighted by atomic mass is 9.33. The van der Waals surface area contributed by atoms with E-state index in [4.69, 9.17) is 0 Å². The number of rotatable bonds is 10. The molecule has 17 aromatic rings. The first-order valence-electron chi connectivity index (χ1n) is 46.2. The molecule has 4 heterocycles. The van der Waals surface area contributed by atoms with Crippen molar-refractivity contribution in [3.05, 3.63) is 356 Å². The second kappa shape index (κ2) is 25.1. The highest BCUT2D eigenvalue weighted by Crippen LogP contribution is 2.56. The average Bonchev–Trinajstić information content (AvgIpc) is 1.51. The maximum Gasteiger partial charge on any atom is 0.252 e. The van der Waals surface area contributed by atoms with Gasteiger partial charge < -0.3 is 18.9 Å². The summed E-state index contributed by atoms with van der Waals surface area (Å²) in [6.07, 6.45) is 0. The van der Waals surface area contributed by atoms with E-state index in [1.807, 2.05) is 143 Å². The number of fused-ring (bicyclic) bond motifs is 10. The van der Waals surface area contributed by atoms with E-state index in [-0.39, 0.29) is 77.0 Å². The van der Waals surface area contributed by atoms with E-state index in [2.05, 4.69) is 86.6 Å². The molecule has 0 unspecified atom stereocenters. The Morgan fingerprint density at radius 1 is 0.271 bits per heavy atom. The van der Waals surface area contributed by atoms with E-state index < -0.39 is 155 Å². The van der Waals surface area contributed by atoms with Crippen LogP contribution in [0.3, 0.4) is 0 Å². The Morgan fingerprint density at radius 3 is 0.897 bits per heavy atom. The molecule has 0 radical (unpaired) electrons. The average molecular weight is 1400 g/mol. The maximum atomic E-state index is 12.0. The molecule has 0 atom stereocenters. The first-order valence-corrected chi connectivity index (χ1v) is 36.2. The zero-order valence-corrected chi connectivity index (χ0v) is 60.7. The van der Waals surface area contributed by atoms with Crippen LogP contribution in [0.5, 0.6) is 0 Å². The summed E-state index contributed by atoms with van der Waals surface area (Å²) in [5.41, 5.74) is 5.75. The normalized spacial score (nSPS) is 15.5. The molecule has 0 N–H and O–H groups in total. The van der Waals surface area contributed by atoms with Gasteiger partial charge in [0.2, 0.25) is 0 Å². The summed E-state index contributed by atoms with van der Waals surface area (Å²) in [6.45, 7) is 17.3. The second-order valence-electron chi connectivity index (χ2n) is 30.9. The lowest BCUT2D eigenvalue weighted by Gasteiger charge is -2.47. The first-order chi connectivity index (χ1) is 60.4. The number of hydrogen-bond donors (Lipinski definition) is 0. The molecule has 15 aromatic carbocycles. The Labute approximate surface area is 656 Å². The van der Waals surface area contributed by atoms with Crippen LogP contribution in [-0.4, -0.2) is 15.8 Å². The molecule has 4 nitrogen and oxygen atoms in total. The third-order valence-electron chi connectivity index (χ3n) is 21.0. The number of anilines is 6.